The van der Waals surface area contributed by atoms with Crippen LogP contribution in [0.1, 0.15) is 50.4 Å². The Kier molecular flexibility index (Phi) is 6.04. The number of hydrogen-bond donors (Lipinski definition) is 4. The first kappa shape index (κ1) is 22.1. The predicted octanol–water partition coefficient (Wildman–Crippen LogP) is 3.14. The first-order valence-electron chi connectivity index (χ1n) is 10.5. The van der Waals surface area contributed by atoms with Gasteiger partial charge in [0, 0.05) is 52.1 Å². The lowest BCUT2D eigenvalue weighted by molar-refractivity contribution is 0.0981. The van der Waals surface area contributed by atoms with Gasteiger partial charge in [-0.1, -0.05) is 0 Å². The van der Waals surface area contributed by atoms with Crippen molar-refractivity contribution in [2.24, 2.45) is 0 Å². The monoisotopic (exact) mass is 460 g/mol. The average Bonchev–Trinajstić information content (AvgIpc) is 3.39. The molecule has 4 N–H and O–H groups in total. The molecule has 11 nitrogen and oxygen atoms in total. The molecule has 3 aromatic heterocycles. The molecule has 12 heteroatoms. The van der Waals surface area contributed by atoms with Gasteiger partial charge in [0.05, 0.1) is 11.4 Å². The molecule has 3 unspecified atom stereocenters. The van der Waals surface area contributed by atoms with E-state index in [-0.39, 0.29) is 29.9 Å². The Morgan fingerprint density at radius 3 is 2.97 bits per heavy atom. The first-order chi connectivity index (χ1) is 15.2. The van der Waals surface area contributed by atoms with Gasteiger partial charge in [-0.2, -0.15) is 10.2 Å². The van der Waals surface area contributed by atoms with Crippen molar-refractivity contribution < 1.29 is 13.7 Å². The van der Waals surface area contributed by atoms with Crippen molar-refractivity contribution in [3.8, 4) is 0 Å². The van der Waals surface area contributed by atoms with Crippen molar-refractivity contribution in [1.82, 2.24) is 30.1 Å². The summed E-state index contributed by atoms with van der Waals surface area (Å²) < 4.78 is 26.6. The van der Waals surface area contributed by atoms with E-state index >= 15 is 0 Å². The van der Waals surface area contributed by atoms with Crippen molar-refractivity contribution in [2.75, 3.05) is 11.6 Å². The largest absolute Gasteiger partial charge is 0.446 e. The van der Waals surface area contributed by atoms with E-state index in [1.807, 2.05) is 19.9 Å². The molecule has 3 atom stereocenters. The van der Waals surface area contributed by atoms with Gasteiger partial charge in [-0.15, -0.1) is 0 Å². The van der Waals surface area contributed by atoms with E-state index in [1.165, 1.54) is 6.26 Å². The molecular weight excluding hydrogens is 432 g/mol. The van der Waals surface area contributed by atoms with E-state index in [1.54, 1.807) is 23.0 Å². The van der Waals surface area contributed by atoms with Gasteiger partial charge in [0.15, 0.2) is 11.6 Å². The van der Waals surface area contributed by atoms with Gasteiger partial charge in [-0.25, -0.2) is 18.5 Å². The van der Waals surface area contributed by atoms with Gasteiger partial charge < -0.3 is 15.4 Å². The maximum atomic E-state index is 11.8. The van der Waals surface area contributed by atoms with Crippen LogP contribution in [0.25, 0.3) is 5.52 Å². The summed E-state index contributed by atoms with van der Waals surface area (Å²) in [6, 6.07) is 3.76. The first-order valence-corrected chi connectivity index (χ1v) is 12.6. The highest BCUT2D eigenvalue weighted by Gasteiger charge is 2.30. The molecular formula is C20H28N8O3S. The third-order valence-corrected chi connectivity index (χ3v) is 6.06. The number of aromatic amines is 1. The Balaban J connectivity index is 1.43. The minimum atomic E-state index is -2.69. The van der Waals surface area contributed by atoms with Crippen LogP contribution in [0.3, 0.4) is 0 Å². The Hall–Kier alpha value is -3.15. The Labute approximate surface area is 186 Å². The molecule has 3 heterocycles. The lowest BCUT2D eigenvalue weighted by Gasteiger charge is -2.14. The van der Waals surface area contributed by atoms with Crippen LogP contribution in [-0.4, -0.2) is 53.5 Å². The van der Waals surface area contributed by atoms with Gasteiger partial charge in [-0.05, 0) is 39.2 Å². The fraction of sp³-hybridized carbons (Fsp3) is 0.500. The summed E-state index contributed by atoms with van der Waals surface area (Å²) in [5, 5.41) is 17.8. The fourth-order valence-electron chi connectivity index (χ4n) is 3.90. The Morgan fingerprint density at radius 2 is 2.22 bits per heavy atom. The fourth-order valence-corrected chi connectivity index (χ4v) is 4.61. The molecule has 3 aromatic rings. The molecule has 1 fully saturated rings. The molecule has 0 saturated heterocycles. The summed E-state index contributed by atoms with van der Waals surface area (Å²) in [6.45, 7) is 3.80. The van der Waals surface area contributed by atoms with Crippen molar-refractivity contribution in [1.29, 1.82) is 4.78 Å². The molecule has 32 heavy (non-hydrogen) atoms. The highest BCUT2D eigenvalue weighted by atomic mass is 32.2. The molecule has 0 aliphatic heterocycles. The van der Waals surface area contributed by atoms with E-state index in [9.17, 15) is 9.00 Å². The van der Waals surface area contributed by atoms with Gasteiger partial charge in [0.1, 0.15) is 11.6 Å². The van der Waals surface area contributed by atoms with Crippen molar-refractivity contribution in [3.05, 3.63) is 35.9 Å². The van der Waals surface area contributed by atoms with E-state index in [2.05, 4.69) is 30.9 Å². The third-order valence-electron chi connectivity index (χ3n) is 5.21. The molecule has 1 aliphatic rings. The number of hydrogen-bond acceptors (Lipinski definition) is 8. The number of carbonyl (C=O) groups excluding carboxylic acids is 1. The highest BCUT2D eigenvalue weighted by molar-refractivity contribution is 7.90. The Bertz CT molecular complexity index is 1220. The number of H-pyrrole nitrogens is 1. The highest BCUT2D eigenvalue weighted by Crippen LogP contribution is 2.36. The van der Waals surface area contributed by atoms with Gasteiger partial charge in [0.25, 0.3) is 0 Å². The standard InChI is InChI=1S/C20H28N8O3S/c1-12(2)23-20(29)31-15-5-4-13(8-15)16-10-18(26-25-16)24-19-17-9-14(11-32(3,21)30)27-28(17)7-6-22-19/h6-7,9-10,12-13,15,21H,4-5,8,11H2,1-3H3,(H,23,29)(H2,22,24,25,26). The average molecular weight is 461 g/mol. The van der Waals surface area contributed by atoms with Crippen LogP contribution in [-0.2, 0) is 20.2 Å². The lowest BCUT2D eigenvalue weighted by Crippen LogP contribution is -2.33. The van der Waals surface area contributed by atoms with E-state index < -0.39 is 9.73 Å². The van der Waals surface area contributed by atoms with Crippen molar-refractivity contribution in [3.63, 3.8) is 0 Å². The molecule has 1 aliphatic carbocycles. The number of fused-ring (bicyclic) bond motifs is 1. The zero-order chi connectivity index (χ0) is 22.9. The minimum absolute atomic E-state index is 0.0453. The predicted molar refractivity (Wildman–Crippen MR) is 120 cm³/mol. The summed E-state index contributed by atoms with van der Waals surface area (Å²) >= 11 is 0. The summed E-state index contributed by atoms with van der Waals surface area (Å²) in [5.74, 6) is 1.50. The second kappa shape index (κ2) is 8.77. The molecule has 0 bridgehead atoms. The van der Waals surface area contributed by atoms with Gasteiger partial charge in [0.2, 0.25) is 0 Å². The molecule has 0 spiro atoms. The van der Waals surface area contributed by atoms with Crippen LogP contribution in [0.4, 0.5) is 16.4 Å². The maximum Gasteiger partial charge on any atom is 0.407 e. The minimum Gasteiger partial charge on any atom is -0.446 e. The second-order valence-electron chi connectivity index (χ2n) is 8.56. The van der Waals surface area contributed by atoms with E-state index in [0.29, 0.717) is 22.8 Å². The molecule has 0 aromatic carbocycles. The number of alkyl carbamates (subject to hydrolysis) is 1. The molecule has 172 valence electrons. The van der Waals surface area contributed by atoms with Crippen LogP contribution in [0.5, 0.6) is 0 Å². The Morgan fingerprint density at radius 1 is 1.41 bits per heavy atom. The molecule has 0 radical (unpaired) electrons. The smallest absolute Gasteiger partial charge is 0.407 e. The summed E-state index contributed by atoms with van der Waals surface area (Å²) in [4.78, 5) is 16.2. The number of nitrogens with one attached hydrogen (secondary N) is 4. The van der Waals surface area contributed by atoms with Crippen LogP contribution in [0.15, 0.2) is 24.5 Å². The van der Waals surface area contributed by atoms with Crippen LogP contribution < -0.4 is 10.6 Å². The SMILES string of the molecule is CC(C)NC(=O)OC1CCC(c2cc(Nc3nccn4nc(CS(C)(=N)=O)cc34)n[nH]2)C1. The number of ether oxygens (including phenoxy) is 1. The number of rotatable bonds is 7. The number of anilines is 2. The quantitative estimate of drug-likeness (QED) is 0.423. The van der Waals surface area contributed by atoms with Crippen LogP contribution in [0.2, 0.25) is 0 Å². The van der Waals surface area contributed by atoms with Crippen molar-refractivity contribution >= 4 is 33.0 Å². The van der Waals surface area contributed by atoms with Gasteiger partial charge >= 0.3 is 6.09 Å². The summed E-state index contributed by atoms with van der Waals surface area (Å²) in [5.41, 5.74) is 2.26. The molecule has 4 rings (SSSR count). The van der Waals surface area contributed by atoms with Crippen LogP contribution >= 0.6 is 0 Å². The van der Waals surface area contributed by atoms with Gasteiger partial charge in [-0.3, -0.25) is 9.88 Å². The van der Waals surface area contributed by atoms with E-state index in [0.717, 1.165) is 25.0 Å². The number of carbonyl (C=O) groups is 1. The summed E-state index contributed by atoms with van der Waals surface area (Å²) in [6.07, 6.45) is 6.70. The second-order valence-corrected chi connectivity index (χ2v) is 10.9. The number of amides is 1. The maximum absolute atomic E-state index is 11.8. The summed E-state index contributed by atoms with van der Waals surface area (Å²) in [7, 11) is -2.69. The lowest BCUT2D eigenvalue weighted by atomic mass is 10.0. The number of aromatic nitrogens is 5. The van der Waals surface area contributed by atoms with Crippen LogP contribution in [0, 0.1) is 4.78 Å². The normalized spacial score (nSPS) is 20.4. The zero-order valence-electron chi connectivity index (χ0n) is 18.3. The van der Waals surface area contributed by atoms with E-state index in [4.69, 9.17) is 9.52 Å². The molecule has 1 amide bonds. The third kappa shape index (κ3) is 5.36. The zero-order valence-corrected chi connectivity index (χ0v) is 19.1. The topological polar surface area (TPSA) is 150 Å². The molecule has 1 saturated carbocycles. The number of nitrogens with zero attached hydrogens (tertiary/aromatic N) is 4. The van der Waals surface area contributed by atoms with Crippen molar-refractivity contribution in [2.45, 2.75) is 56.9 Å².